The second-order valence-electron chi connectivity index (χ2n) is 7.26. The second-order valence-corrected chi connectivity index (χ2v) is 20.4. The van der Waals surface area contributed by atoms with Gasteiger partial charge in [-0.05, 0) is 0 Å². The number of aromatic amines is 1. The number of aromatic nitrogens is 2. The Labute approximate surface area is 157 Å². The van der Waals surface area contributed by atoms with Gasteiger partial charge in [-0.15, -0.1) is 0 Å². The van der Waals surface area contributed by atoms with Crippen LogP contribution in [0.4, 0.5) is 0 Å². The molecule has 4 heteroatoms. The van der Waals surface area contributed by atoms with E-state index in [1.165, 1.54) is 61.0 Å². The molecule has 0 spiro atoms. The summed E-state index contributed by atoms with van der Waals surface area (Å²) in [5.74, 6) is 1.37. The molecule has 2 rings (SSSR count). The molecule has 0 atom stereocenters. The normalized spacial score (nSPS) is 11.8. The van der Waals surface area contributed by atoms with Gasteiger partial charge in [0.15, 0.2) is 0 Å². The monoisotopic (exact) mass is 450 g/mol. The number of phenolic OH excluding ortho intramolecular Hbond substituents is 1. The Hall–Kier alpha value is -0.971. The van der Waals surface area contributed by atoms with Crippen molar-refractivity contribution >= 4 is 22.0 Å². The van der Waals surface area contributed by atoms with Crippen molar-refractivity contribution in [2.45, 2.75) is 72.6 Å². The molecule has 2 N–H and O–H groups in total. The molecule has 0 fully saturated rings. The minimum absolute atomic E-state index is 0.413. The molecule has 0 saturated heterocycles. The van der Waals surface area contributed by atoms with Crippen LogP contribution in [0.5, 0.6) is 5.75 Å². The third-order valence-electron chi connectivity index (χ3n) is 5.35. The predicted molar refractivity (Wildman–Crippen MR) is 110 cm³/mol. The first kappa shape index (κ1) is 20.3. The van der Waals surface area contributed by atoms with Gasteiger partial charge in [-0.1, -0.05) is 0 Å². The molecule has 25 heavy (non-hydrogen) atoms. The molecule has 0 bridgehead atoms. The maximum absolute atomic E-state index is 10.3. The first-order chi connectivity index (χ1) is 12.2. The Morgan fingerprint density at radius 3 is 2.04 bits per heavy atom. The molecule has 1 aromatic carbocycles. The molecule has 1 heterocycles. The van der Waals surface area contributed by atoms with Crippen LogP contribution in [0, 0.1) is 0 Å². The van der Waals surface area contributed by atoms with Gasteiger partial charge in [0.2, 0.25) is 0 Å². The Kier molecular flexibility index (Phi) is 8.34. The molecular weight excluding hydrogens is 415 g/mol. The first-order valence-electron chi connectivity index (χ1n) is 10.00. The Morgan fingerprint density at radius 1 is 0.960 bits per heavy atom. The van der Waals surface area contributed by atoms with Gasteiger partial charge in [0.1, 0.15) is 0 Å². The molecular formula is C21H34N2OSn. The van der Waals surface area contributed by atoms with E-state index < -0.39 is 18.4 Å². The fourth-order valence-electron chi connectivity index (χ4n) is 3.91. The molecule has 0 amide bonds. The van der Waals surface area contributed by atoms with Gasteiger partial charge in [0.25, 0.3) is 0 Å². The predicted octanol–water partition coefficient (Wildman–Crippen LogP) is 5.84. The molecule has 0 saturated carbocycles. The number of hydrogen-bond donors (Lipinski definition) is 2. The summed E-state index contributed by atoms with van der Waals surface area (Å²) in [6.45, 7) is 6.89. The standard InChI is InChI=1S/C9H7N2O.3C4H9.Sn/c12-8-3-1-7(2-4-8)9-10-5-6-11-9;3*1-3-4-2;/h1,3-6,12H,(H,10,11);3*1,3-4H2,2H3;. The van der Waals surface area contributed by atoms with Gasteiger partial charge >= 0.3 is 157 Å². The van der Waals surface area contributed by atoms with E-state index >= 15 is 0 Å². The molecule has 0 aliphatic carbocycles. The molecule has 0 aliphatic heterocycles. The van der Waals surface area contributed by atoms with Crippen LogP contribution in [0.3, 0.4) is 0 Å². The third kappa shape index (κ3) is 5.25. The number of rotatable bonds is 11. The zero-order valence-electron chi connectivity index (χ0n) is 16.1. The van der Waals surface area contributed by atoms with Crippen molar-refractivity contribution in [3.63, 3.8) is 0 Å². The van der Waals surface area contributed by atoms with Crippen molar-refractivity contribution in [3.8, 4) is 17.1 Å². The number of nitrogens with one attached hydrogen (secondary N) is 1. The fourth-order valence-corrected chi connectivity index (χ4v) is 20.7. The van der Waals surface area contributed by atoms with Crippen LogP contribution < -0.4 is 3.58 Å². The topological polar surface area (TPSA) is 48.9 Å². The molecule has 0 aliphatic rings. The number of benzene rings is 1. The van der Waals surface area contributed by atoms with Crippen molar-refractivity contribution in [1.29, 1.82) is 0 Å². The van der Waals surface area contributed by atoms with Crippen LogP contribution in [-0.2, 0) is 0 Å². The van der Waals surface area contributed by atoms with E-state index in [0.717, 1.165) is 5.82 Å². The summed E-state index contributed by atoms with van der Waals surface area (Å²) in [6, 6.07) is 5.99. The number of unbranched alkanes of at least 4 members (excludes halogenated alkanes) is 3. The van der Waals surface area contributed by atoms with Crippen molar-refractivity contribution in [1.82, 2.24) is 9.97 Å². The first-order valence-corrected chi connectivity index (χ1v) is 17.5. The maximum atomic E-state index is 10.3. The summed E-state index contributed by atoms with van der Waals surface area (Å²) in [5, 5.41) is 10.3. The van der Waals surface area contributed by atoms with Crippen LogP contribution in [0.2, 0.25) is 13.3 Å². The van der Waals surface area contributed by atoms with Gasteiger partial charge in [-0.2, -0.15) is 0 Å². The summed E-state index contributed by atoms with van der Waals surface area (Å²) in [4.78, 5) is 7.82. The molecule has 0 radical (unpaired) electrons. The van der Waals surface area contributed by atoms with E-state index in [-0.39, 0.29) is 0 Å². The zero-order chi connectivity index (χ0) is 18.1. The third-order valence-corrected chi connectivity index (χ3v) is 21.0. The van der Waals surface area contributed by atoms with E-state index in [1.807, 2.05) is 18.5 Å². The summed E-state index contributed by atoms with van der Waals surface area (Å²) in [7, 11) is 0. The van der Waals surface area contributed by atoms with Crippen LogP contribution in [-0.4, -0.2) is 33.5 Å². The van der Waals surface area contributed by atoms with Gasteiger partial charge in [-0.25, -0.2) is 0 Å². The van der Waals surface area contributed by atoms with E-state index in [0.29, 0.717) is 5.75 Å². The number of aromatic hydroxyl groups is 1. The van der Waals surface area contributed by atoms with Crippen molar-refractivity contribution in [2.75, 3.05) is 0 Å². The van der Waals surface area contributed by atoms with E-state index in [1.54, 1.807) is 0 Å². The van der Waals surface area contributed by atoms with Crippen molar-refractivity contribution in [2.24, 2.45) is 0 Å². The number of nitrogens with zero attached hydrogens (tertiary/aromatic N) is 1. The van der Waals surface area contributed by atoms with Crippen molar-refractivity contribution in [3.05, 3.63) is 30.6 Å². The Balaban J connectivity index is 2.55. The molecule has 1 aromatic heterocycles. The molecule has 138 valence electrons. The van der Waals surface area contributed by atoms with Gasteiger partial charge in [-0.3, -0.25) is 0 Å². The number of phenols is 1. The SMILES string of the molecule is CCC[CH2][Sn]([CH2]CCC)([CH2]CCC)[c]1cc(O)ccc1-c1ncc[nH]1. The average Bonchev–Trinajstić information content (AvgIpc) is 3.16. The van der Waals surface area contributed by atoms with Gasteiger partial charge < -0.3 is 0 Å². The number of imidazole rings is 1. The number of H-pyrrole nitrogens is 1. The summed E-state index contributed by atoms with van der Waals surface area (Å²) in [6.07, 6.45) is 11.4. The van der Waals surface area contributed by atoms with E-state index in [4.69, 9.17) is 0 Å². The second kappa shape index (κ2) is 10.2. The summed E-state index contributed by atoms with van der Waals surface area (Å²) in [5.41, 5.74) is 1.24. The van der Waals surface area contributed by atoms with E-state index in [9.17, 15) is 5.11 Å². The fraction of sp³-hybridized carbons (Fsp3) is 0.571. The molecule has 0 unspecified atom stereocenters. The molecule has 3 nitrogen and oxygen atoms in total. The van der Waals surface area contributed by atoms with Crippen LogP contribution in [0.1, 0.15) is 59.3 Å². The van der Waals surface area contributed by atoms with Gasteiger partial charge in [0, 0.05) is 0 Å². The van der Waals surface area contributed by atoms with E-state index in [2.05, 4.69) is 42.9 Å². The zero-order valence-corrected chi connectivity index (χ0v) is 19.0. The average molecular weight is 449 g/mol. The van der Waals surface area contributed by atoms with Gasteiger partial charge in [0.05, 0.1) is 0 Å². The summed E-state index contributed by atoms with van der Waals surface area (Å²) >= 11 is -2.62. The molecule has 2 aromatic rings. The van der Waals surface area contributed by atoms with Crippen LogP contribution in [0.25, 0.3) is 11.4 Å². The van der Waals surface area contributed by atoms with Crippen molar-refractivity contribution < 1.29 is 5.11 Å². The van der Waals surface area contributed by atoms with Crippen LogP contribution >= 0.6 is 0 Å². The summed E-state index contributed by atoms with van der Waals surface area (Å²) < 4.78 is 5.66. The minimum atomic E-state index is -2.62. The van der Waals surface area contributed by atoms with Crippen LogP contribution in [0.15, 0.2) is 30.6 Å². The Bertz CT molecular complexity index is 603. The Morgan fingerprint density at radius 2 is 1.56 bits per heavy atom. The quantitative estimate of drug-likeness (QED) is 0.424. The number of hydrogen-bond acceptors (Lipinski definition) is 2.